The van der Waals surface area contributed by atoms with E-state index >= 15 is 0 Å². The first-order valence-electron chi connectivity index (χ1n) is 6.20. The SMILES string of the molecule is COc1ccc(Br)c([C@H](CO)NC(=O)OC(C)(C)C)c1. The topological polar surface area (TPSA) is 67.8 Å². The summed E-state index contributed by atoms with van der Waals surface area (Å²) in [7, 11) is 1.56. The average Bonchev–Trinajstić information content (AvgIpc) is 2.34. The van der Waals surface area contributed by atoms with Crippen LogP contribution in [0.25, 0.3) is 0 Å². The lowest BCUT2D eigenvalue weighted by Crippen LogP contribution is -2.36. The van der Waals surface area contributed by atoms with Crippen LogP contribution < -0.4 is 10.1 Å². The number of ether oxygens (including phenoxy) is 2. The highest BCUT2D eigenvalue weighted by atomic mass is 79.9. The highest BCUT2D eigenvalue weighted by Gasteiger charge is 2.21. The van der Waals surface area contributed by atoms with Gasteiger partial charge in [0.1, 0.15) is 11.4 Å². The molecule has 20 heavy (non-hydrogen) atoms. The third-order valence-electron chi connectivity index (χ3n) is 2.45. The molecule has 0 unspecified atom stereocenters. The number of hydrogen-bond donors (Lipinski definition) is 2. The lowest BCUT2D eigenvalue weighted by atomic mass is 10.1. The van der Waals surface area contributed by atoms with E-state index in [9.17, 15) is 9.90 Å². The van der Waals surface area contributed by atoms with Gasteiger partial charge in [-0.3, -0.25) is 0 Å². The lowest BCUT2D eigenvalue weighted by Gasteiger charge is -2.23. The summed E-state index contributed by atoms with van der Waals surface area (Å²) >= 11 is 3.39. The molecule has 1 atom stereocenters. The van der Waals surface area contributed by atoms with Gasteiger partial charge in [-0.2, -0.15) is 0 Å². The molecule has 0 saturated heterocycles. The van der Waals surface area contributed by atoms with Gasteiger partial charge in [-0.15, -0.1) is 0 Å². The van der Waals surface area contributed by atoms with Crippen LogP contribution in [0.3, 0.4) is 0 Å². The standard InChI is InChI=1S/C14H20BrNO4/c1-14(2,3)20-13(18)16-12(8-17)10-7-9(19-4)5-6-11(10)15/h5-7,12,17H,8H2,1-4H3,(H,16,18)/t12-/m0/s1. The molecule has 0 radical (unpaired) electrons. The number of benzene rings is 1. The van der Waals surface area contributed by atoms with E-state index in [0.29, 0.717) is 5.75 Å². The summed E-state index contributed by atoms with van der Waals surface area (Å²) in [5.74, 6) is 0.646. The molecule has 6 heteroatoms. The summed E-state index contributed by atoms with van der Waals surface area (Å²) in [5.41, 5.74) is 0.133. The monoisotopic (exact) mass is 345 g/mol. The molecule has 112 valence electrons. The van der Waals surface area contributed by atoms with Crippen molar-refractivity contribution >= 4 is 22.0 Å². The Morgan fingerprint density at radius 1 is 1.45 bits per heavy atom. The Hall–Kier alpha value is -1.27. The van der Waals surface area contributed by atoms with Gasteiger partial charge in [0.25, 0.3) is 0 Å². The van der Waals surface area contributed by atoms with Gasteiger partial charge >= 0.3 is 6.09 Å². The van der Waals surface area contributed by atoms with Crippen LogP contribution >= 0.6 is 15.9 Å². The van der Waals surface area contributed by atoms with E-state index in [1.54, 1.807) is 46.1 Å². The molecular weight excluding hydrogens is 326 g/mol. The Morgan fingerprint density at radius 2 is 2.10 bits per heavy atom. The van der Waals surface area contributed by atoms with Gasteiger partial charge in [-0.1, -0.05) is 15.9 Å². The molecule has 0 aromatic heterocycles. The van der Waals surface area contributed by atoms with E-state index < -0.39 is 17.7 Å². The second-order valence-electron chi connectivity index (χ2n) is 5.27. The van der Waals surface area contributed by atoms with E-state index in [1.165, 1.54) is 0 Å². The summed E-state index contributed by atoms with van der Waals surface area (Å²) in [5, 5.41) is 12.1. The van der Waals surface area contributed by atoms with Crippen molar-refractivity contribution in [1.29, 1.82) is 0 Å². The van der Waals surface area contributed by atoms with E-state index in [-0.39, 0.29) is 6.61 Å². The summed E-state index contributed by atoms with van der Waals surface area (Å²) in [6, 6.07) is 4.76. The number of halogens is 1. The average molecular weight is 346 g/mol. The van der Waals surface area contributed by atoms with Crippen molar-refractivity contribution in [3.8, 4) is 5.75 Å². The number of carbonyl (C=O) groups is 1. The molecule has 1 rings (SSSR count). The fourth-order valence-electron chi connectivity index (χ4n) is 1.59. The molecular formula is C14H20BrNO4. The predicted molar refractivity (Wildman–Crippen MR) is 79.9 cm³/mol. The Bertz CT molecular complexity index is 471. The molecule has 0 aliphatic carbocycles. The van der Waals surface area contributed by atoms with Gasteiger partial charge < -0.3 is 19.9 Å². The number of rotatable bonds is 4. The third kappa shape index (κ3) is 5.02. The highest BCUT2D eigenvalue weighted by molar-refractivity contribution is 9.10. The molecule has 1 aromatic rings. The zero-order valence-electron chi connectivity index (χ0n) is 12.1. The number of aliphatic hydroxyl groups excluding tert-OH is 1. The van der Waals surface area contributed by atoms with E-state index in [2.05, 4.69) is 21.2 Å². The van der Waals surface area contributed by atoms with Gasteiger partial charge in [-0.25, -0.2) is 4.79 Å². The van der Waals surface area contributed by atoms with Crippen LogP contribution in [-0.2, 0) is 4.74 Å². The number of carbonyl (C=O) groups excluding carboxylic acids is 1. The summed E-state index contributed by atoms with van der Waals surface area (Å²) in [6.45, 7) is 5.09. The number of nitrogens with one attached hydrogen (secondary N) is 1. The maximum absolute atomic E-state index is 11.8. The first-order valence-corrected chi connectivity index (χ1v) is 7.00. The number of hydrogen-bond acceptors (Lipinski definition) is 4. The fraction of sp³-hybridized carbons (Fsp3) is 0.500. The van der Waals surface area contributed by atoms with Crippen molar-refractivity contribution in [3.63, 3.8) is 0 Å². The Kier molecular flexibility index (Phi) is 5.83. The van der Waals surface area contributed by atoms with Crippen LogP contribution in [0.15, 0.2) is 22.7 Å². The van der Waals surface area contributed by atoms with E-state index in [4.69, 9.17) is 9.47 Å². The van der Waals surface area contributed by atoms with Crippen LogP contribution in [-0.4, -0.2) is 30.5 Å². The van der Waals surface area contributed by atoms with Crippen molar-refractivity contribution in [2.75, 3.05) is 13.7 Å². The molecule has 0 aliphatic heterocycles. The quantitative estimate of drug-likeness (QED) is 0.880. The molecule has 5 nitrogen and oxygen atoms in total. The number of alkyl carbamates (subject to hydrolysis) is 1. The minimum absolute atomic E-state index is 0.245. The van der Waals surface area contributed by atoms with Gasteiger partial charge in [0, 0.05) is 4.47 Å². The molecule has 0 heterocycles. The Labute approximate surface area is 127 Å². The zero-order valence-corrected chi connectivity index (χ0v) is 13.7. The molecule has 2 N–H and O–H groups in total. The molecule has 0 bridgehead atoms. The molecule has 0 aliphatic rings. The van der Waals surface area contributed by atoms with Gasteiger partial charge in [0.15, 0.2) is 0 Å². The maximum Gasteiger partial charge on any atom is 0.408 e. The minimum Gasteiger partial charge on any atom is -0.497 e. The second-order valence-corrected chi connectivity index (χ2v) is 6.12. The van der Waals surface area contributed by atoms with Crippen LogP contribution in [0.4, 0.5) is 4.79 Å². The minimum atomic E-state index is -0.588. The summed E-state index contributed by atoms with van der Waals surface area (Å²) < 4.78 is 11.1. The second kappa shape index (κ2) is 6.95. The third-order valence-corrected chi connectivity index (χ3v) is 3.17. The molecule has 0 saturated carbocycles. The number of aliphatic hydroxyl groups is 1. The Balaban J connectivity index is 2.88. The summed E-state index contributed by atoms with van der Waals surface area (Å²) in [6.07, 6.45) is -0.578. The first-order chi connectivity index (χ1) is 9.26. The molecule has 0 spiro atoms. The largest absolute Gasteiger partial charge is 0.497 e. The van der Waals surface area contributed by atoms with Crippen molar-refractivity contribution < 1.29 is 19.4 Å². The van der Waals surface area contributed by atoms with Gasteiger partial charge in [0.05, 0.1) is 19.8 Å². The van der Waals surface area contributed by atoms with Gasteiger partial charge in [-0.05, 0) is 44.5 Å². The fourth-order valence-corrected chi connectivity index (χ4v) is 2.11. The maximum atomic E-state index is 11.8. The van der Waals surface area contributed by atoms with E-state index in [0.717, 1.165) is 10.0 Å². The molecule has 1 aromatic carbocycles. The lowest BCUT2D eigenvalue weighted by molar-refractivity contribution is 0.0481. The molecule has 1 amide bonds. The number of amides is 1. The predicted octanol–water partition coefficient (Wildman–Crippen LogP) is 3.02. The van der Waals surface area contributed by atoms with E-state index in [1.807, 2.05) is 0 Å². The first kappa shape index (κ1) is 16.8. The van der Waals surface area contributed by atoms with Crippen molar-refractivity contribution in [2.24, 2.45) is 0 Å². The van der Waals surface area contributed by atoms with Crippen LogP contribution in [0.1, 0.15) is 32.4 Å². The normalized spacial score (nSPS) is 12.7. The van der Waals surface area contributed by atoms with Crippen molar-refractivity contribution in [2.45, 2.75) is 32.4 Å². The van der Waals surface area contributed by atoms with Crippen molar-refractivity contribution in [3.05, 3.63) is 28.2 Å². The Morgan fingerprint density at radius 3 is 2.60 bits per heavy atom. The highest BCUT2D eigenvalue weighted by Crippen LogP contribution is 2.28. The van der Waals surface area contributed by atoms with Crippen LogP contribution in [0, 0.1) is 0 Å². The summed E-state index contributed by atoms with van der Waals surface area (Å²) in [4.78, 5) is 11.8. The van der Waals surface area contributed by atoms with Crippen molar-refractivity contribution in [1.82, 2.24) is 5.32 Å². The smallest absolute Gasteiger partial charge is 0.408 e. The molecule has 0 fully saturated rings. The number of methoxy groups -OCH3 is 1. The van der Waals surface area contributed by atoms with Crippen LogP contribution in [0.2, 0.25) is 0 Å². The van der Waals surface area contributed by atoms with Gasteiger partial charge in [0.2, 0.25) is 0 Å². The zero-order chi connectivity index (χ0) is 15.3. The van der Waals surface area contributed by atoms with Crippen LogP contribution in [0.5, 0.6) is 5.75 Å².